The number of ketones is 1. The van der Waals surface area contributed by atoms with Crippen LogP contribution in [0.25, 0.3) is 5.69 Å². The molecule has 4 heteroatoms. The number of rotatable bonds is 7. The maximum absolute atomic E-state index is 11.2. The van der Waals surface area contributed by atoms with Crippen LogP contribution in [0.5, 0.6) is 0 Å². The molecule has 4 nitrogen and oxygen atoms in total. The first kappa shape index (κ1) is 15.4. The predicted molar refractivity (Wildman–Crippen MR) is 83.7 cm³/mol. The summed E-state index contributed by atoms with van der Waals surface area (Å²) in [6, 6.07) is 6.17. The molecule has 0 atom stereocenters. The molecule has 0 fully saturated rings. The Balaban J connectivity index is 2.28. The lowest BCUT2D eigenvalue weighted by atomic mass is 10.0. The molecule has 0 aliphatic heterocycles. The number of carbonyl (C=O) groups is 1. The maximum Gasteiger partial charge on any atom is 0.130 e. The third-order valence-electron chi connectivity index (χ3n) is 3.62. The first-order chi connectivity index (χ1) is 10.1. The normalized spacial score (nSPS) is 10.8. The second-order valence-electron chi connectivity index (χ2n) is 5.54. The minimum atomic E-state index is 0.213. The molecular weight excluding hydrogens is 262 g/mol. The van der Waals surface area contributed by atoms with Gasteiger partial charge in [0.15, 0.2) is 0 Å². The average Bonchev–Trinajstić information content (AvgIpc) is 2.91. The fourth-order valence-corrected chi connectivity index (χ4v) is 2.44. The van der Waals surface area contributed by atoms with Crippen molar-refractivity contribution in [1.82, 2.24) is 15.0 Å². The minimum Gasteiger partial charge on any atom is -0.300 e. The fourth-order valence-electron chi connectivity index (χ4n) is 2.44. The Morgan fingerprint density at radius 2 is 2.10 bits per heavy atom. The second kappa shape index (κ2) is 7.16. The van der Waals surface area contributed by atoms with E-state index in [0.717, 1.165) is 48.2 Å². The fraction of sp³-hybridized carbons (Fsp3) is 0.471. The summed E-state index contributed by atoms with van der Waals surface area (Å²) in [5, 5.41) is 8.52. The van der Waals surface area contributed by atoms with Crippen LogP contribution in [0.1, 0.15) is 49.9 Å². The molecule has 0 radical (unpaired) electrons. The molecule has 0 bridgehead atoms. The van der Waals surface area contributed by atoms with Gasteiger partial charge in [-0.05, 0) is 44.2 Å². The Bertz CT molecular complexity index is 616. The maximum atomic E-state index is 11.2. The van der Waals surface area contributed by atoms with Crippen molar-refractivity contribution in [2.45, 2.75) is 52.9 Å². The Morgan fingerprint density at radius 1 is 1.29 bits per heavy atom. The van der Waals surface area contributed by atoms with Crippen LogP contribution in [0.3, 0.4) is 0 Å². The zero-order valence-corrected chi connectivity index (χ0v) is 13.1. The zero-order chi connectivity index (χ0) is 15.2. The first-order valence-corrected chi connectivity index (χ1v) is 7.61. The monoisotopic (exact) mass is 285 g/mol. The third kappa shape index (κ3) is 4.00. The largest absolute Gasteiger partial charge is 0.300 e. The Morgan fingerprint density at radius 3 is 2.81 bits per heavy atom. The summed E-state index contributed by atoms with van der Waals surface area (Å²) in [4.78, 5) is 11.2. The van der Waals surface area contributed by atoms with E-state index in [9.17, 15) is 4.79 Å². The van der Waals surface area contributed by atoms with Crippen molar-refractivity contribution in [3.63, 3.8) is 0 Å². The standard InChI is InChI=1S/C17H23N3O/c1-4-5-9-16-12-20(19-18-16)17-13(2)7-6-8-15(17)11-10-14(3)21/h6-8,12H,4-5,9-11H2,1-3H3. The lowest BCUT2D eigenvalue weighted by molar-refractivity contribution is -0.116. The van der Waals surface area contributed by atoms with Gasteiger partial charge in [-0.1, -0.05) is 36.8 Å². The van der Waals surface area contributed by atoms with Crippen molar-refractivity contribution in [3.8, 4) is 5.69 Å². The SMILES string of the molecule is CCCCc1cn(-c2c(C)cccc2CCC(C)=O)nn1. The Kier molecular flexibility index (Phi) is 5.26. The van der Waals surface area contributed by atoms with E-state index >= 15 is 0 Å². The third-order valence-corrected chi connectivity index (χ3v) is 3.62. The molecule has 21 heavy (non-hydrogen) atoms. The van der Waals surface area contributed by atoms with Crippen LogP contribution in [-0.2, 0) is 17.6 Å². The predicted octanol–water partition coefficient (Wildman–Crippen LogP) is 3.44. The second-order valence-corrected chi connectivity index (χ2v) is 5.54. The molecule has 0 saturated heterocycles. The molecule has 0 saturated carbocycles. The summed E-state index contributed by atoms with van der Waals surface area (Å²) in [6.45, 7) is 5.87. The van der Waals surface area contributed by atoms with Crippen molar-refractivity contribution in [2.24, 2.45) is 0 Å². The number of hydrogen-bond acceptors (Lipinski definition) is 3. The minimum absolute atomic E-state index is 0.213. The molecule has 0 N–H and O–H groups in total. The van der Waals surface area contributed by atoms with Crippen LogP contribution in [0.2, 0.25) is 0 Å². The zero-order valence-electron chi connectivity index (χ0n) is 13.1. The van der Waals surface area contributed by atoms with Gasteiger partial charge in [0.2, 0.25) is 0 Å². The summed E-state index contributed by atoms with van der Waals surface area (Å²) in [6.07, 6.45) is 6.56. The Hall–Kier alpha value is -1.97. The van der Waals surface area contributed by atoms with E-state index in [0.29, 0.717) is 6.42 Å². The summed E-state index contributed by atoms with van der Waals surface area (Å²) in [5.41, 5.74) is 4.40. The molecule has 0 aliphatic rings. The topological polar surface area (TPSA) is 47.8 Å². The van der Waals surface area contributed by atoms with Gasteiger partial charge in [-0.25, -0.2) is 4.68 Å². The van der Waals surface area contributed by atoms with Crippen molar-refractivity contribution in [2.75, 3.05) is 0 Å². The highest BCUT2D eigenvalue weighted by Gasteiger charge is 2.11. The van der Waals surface area contributed by atoms with Gasteiger partial charge in [0.05, 0.1) is 17.6 Å². The van der Waals surface area contributed by atoms with E-state index < -0.39 is 0 Å². The number of para-hydroxylation sites is 1. The van der Waals surface area contributed by atoms with Gasteiger partial charge >= 0.3 is 0 Å². The number of aromatic nitrogens is 3. The molecule has 112 valence electrons. The molecule has 0 aliphatic carbocycles. The average molecular weight is 285 g/mol. The van der Waals surface area contributed by atoms with Gasteiger partial charge in [-0.3, -0.25) is 0 Å². The van der Waals surface area contributed by atoms with E-state index in [2.05, 4.69) is 36.3 Å². The molecular formula is C17H23N3O. The lowest BCUT2D eigenvalue weighted by Gasteiger charge is -2.11. The highest BCUT2D eigenvalue weighted by Crippen LogP contribution is 2.20. The smallest absolute Gasteiger partial charge is 0.130 e. The number of benzene rings is 1. The van der Waals surface area contributed by atoms with Gasteiger partial charge in [-0.2, -0.15) is 0 Å². The van der Waals surface area contributed by atoms with Gasteiger partial charge < -0.3 is 4.79 Å². The molecule has 0 amide bonds. The van der Waals surface area contributed by atoms with Crippen LogP contribution in [0, 0.1) is 6.92 Å². The van der Waals surface area contributed by atoms with Crippen LogP contribution in [-0.4, -0.2) is 20.8 Å². The molecule has 0 spiro atoms. The highest BCUT2D eigenvalue weighted by molar-refractivity contribution is 5.75. The van der Waals surface area contributed by atoms with E-state index in [1.807, 2.05) is 16.9 Å². The van der Waals surface area contributed by atoms with E-state index in [4.69, 9.17) is 0 Å². The number of nitrogens with zero attached hydrogens (tertiary/aromatic N) is 3. The van der Waals surface area contributed by atoms with Gasteiger partial charge in [0, 0.05) is 6.42 Å². The van der Waals surface area contributed by atoms with Crippen molar-refractivity contribution in [1.29, 1.82) is 0 Å². The van der Waals surface area contributed by atoms with Gasteiger partial charge in [-0.15, -0.1) is 5.10 Å². The van der Waals surface area contributed by atoms with E-state index in [1.165, 1.54) is 0 Å². The molecule has 1 aromatic heterocycles. The molecule has 2 aromatic rings. The van der Waals surface area contributed by atoms with Crippen molar-refractivity contribution >= 4 is 5.78 Å². The number of aryl methyl sites for hydroxylation is 3. The molecule has 1 heterocycles. The summed E-state index contributed by atoms with van der Waals surface area (Å²) >= 11 is 0. The van der Waals surface area contributed by atoms with Gasteiger partial charge in [0.25, 0.3) is 0 Å². The summed E-state index contributed by atoms with van der Waals surface area (Å²) in [5.74, 6) is 0.213. The number of carbonyl (C=O) groups excluding carboxylic acids is 1. The lowest BCUT2D eigenvalue weighted by Crippen LogP contribution is -2.05. The van der Waals surface area contributed by atoms with Crippen LogP contribution < -0.4 is 0 Å². The van der Waals surface area contributed by atoms with Crippen LogP contribution in [0.15, 0.2) is 24.4 Å². The molecule has 2 rings (SSSR count). The number of unbranched alkanes of at least 4 members (excludes halogenated alkanes) is 1. The van der Waals surface area contributed by atoms with Crippen LogP contribution >= 0.6 is 0 Å². The van der Waals surface area contributed by atoms with Crippen molar-refractivity contribution in [3.05, 3.63) is 41.2 Å². The first-order valence-electron chi connectivity index (χ1n) is 7.61. The number of Topliss-reactive ketones (excluding diaryl/α,β-unsaturated/α-hetero) is 1. The molecule has 0 unspecified atom stereocenters. The van der Waals surface area contributed by atoms with Crippen molar-refractivity contribution < 1.29 is 4.79 Å². The number of hydrogen-bond donors (Lipinski definition) is 0. The highest BCUT2D eigenvalue weighted by atomic mass is 16.1. The quantitative estimate of drug-likeness (QED) is 0.783. The van der Waals surface area contributed by atoms with E-state index in [-0.39, 0.29) is 5.78 Å². The molecule has 1 aromatic carbocycles. The van der Waals surface area contributed by atoms with E-state index in [1.54, 1.807) is 6.92 Å². The summed E-state index contributed by atoms with van der Waals surface area (Å²) in [7, 11) is 0. The van der Waals surface area contributed by atoms with Crippen LogP contribution in [0.4, 0.5) is 0 Å². The van der Waals surface area contributed by atoms with Gasteiger partial charge in [0.1, 0.15) is 5.78 Å². The summed E-state index contributed by atoms with van der Waals surface area (Å²) < 4.78 is 1.86. The Labute approximate surface area is 126 Å².